The van der Waals surface area contributed by atoms with E-state index < -0.39 is 5.41 Å². The van der Waals surface area contributed by atoms with Crippen molar-refractivity contribution < 1.29 is 9.63 Å². The minimum absolute atomic E-state index is 0.226. The number of nitrogens with zero attached hydrogens (tertiary/aromatic N) is 2. The van der Waals surface area contributed by atoms with Crippen LogP contribution >= 0.6 is 0 Å². The van der Waals surface area contributed by atoms with Crippen LogP contribution in [0.15, 0.2) is 12.7 Å². The minimum atomic E-state index is -0.495. The summed E-state index contributed by atoms with van der Waals surface area (Å²) in [5, 5.41) is 10.9. The molecule has 4 nitrogen and oxygen atoms in total. The summed E-state index contributed by atoms with van der Waals surface area (Å²) in [4.78, 5) is 17.1. The normalized spacial score (nSPS) is 19.9. The molecular weight excluding hydrogens is 228 g/mol. The number of carbonyl (C=O) groups is 1. The van der Waals surface area contributed by atoms with Crippen LogP contribution in [0.25, 0.3) is 0 Å². The summed E-state index contributed by atoms with van der Waals surface area (Å²) in [6.45, 7) is 10.4. The average molecular weight is 250 g/mol. The Hall–Kier alpha value is -1.34. The first-order chi connectivity index (χ1) is 8.33. The van der Waals surface area contributed by atoms with Crippen molar-refractivity contribution in [2.75, 3.05) is 13.1 Å². The second-order valence-electron chi connectivity index (χ2n) is 5.94. The Bertz CT molecular complexity index is 355. The zero-order chi connectivity index (χ0) is 13.8. The van der Waals surface area contributed by atoms with Crippen LogP contribution < -0.4 is 0 Å². The molecule has 1 aliphatic heterocycles. The fraction of sp³-hybridized carbons (Fsp3) is 0.714. The van der Waals surface area contributed by atoms with Crippen LogP contribution in [-0.4, -0.2) is 24.1 Å². The molecule has 0 aromatic heterocycles. The van der Waals surface area contributed by atoms with Gasteiger partial charge in [0.25, 0.3) is 0 Å². The van der Waals surface area contributed by atoms with Crippen LogP contribution in [0.2, 0.25) is 0 Å². The topological polar surface area (TPSA) is 53.3 Å². The van der Waals surface area contributed by atoms with E-state index in [9.17, 15) is 10.1 Å². The standard InChI is InChI=1S/C14H22N2O2/c1-5-6-14(11-15)7-9-16(10-8-14)18-12(17)13(2,3)4/h5H,1,6-10H2,2-4H3. The van der Waals surface area contributed by atoms with E-state index in [4.69, 9.17) is 4.84 Å². The van der Waals surface area contributed by atoms with E-state index in [1.54, 1.807) is 11.1 Å². The monoisotopic (exact) mass is 250 g/mol. The molecule has 1 aliphatic rings. The third-order valence-corrected chi connectivity index (χ3v) is 3.28. The summed E-state index contributed by atoms with van der Waals surface area (Å²) < 4.78 is 0. The fourth-order valence-electron chi connectivity index (χ4n) is 1.90. The van der Waals surface area contributed by atoms with E-state index in [0.29, 0.717) is 32.4 Å². The van der Waals surface area contributed by atoms with Gasteiger partial charge in [-0.3, -0.25) is 0 Å². The minimum Gasteiger partial charge on any atom is -0.367 e. The summed E-state index contributed by atoms with van der Waals surface area (Å²) in [5.74, 6) is -0.226. The first-order valence-corrected chi connectivity index (χ1v) is 6.32. The number of piperidine rings is 1. The van der Waals surface area contributed by atoms with Crippen LogP contribution in [0.3, 0.4) is 0 Å². The number of nitriles is 1. The Labute approximate surface area is 109 Å². The SMILES string of the molecule is C=CCC1(C#N)CCN(OC(=O)C(C)(C)C)CC1. The average Bonchev–Trinajstić information content (AvgIpc) is 2.31. The van der Waals surface area contributed by atoms with Gasteiger partial charge in [-0.2, -0.15) is 5.26 Å². The zero-order valence-corrected chi connectivity index (χ0v) is 11.5. The van der Waals surface area contributed by atoms with Gasteiger partial charge in [-0.05, 0) is 40.0 Å². The molecule has 1 saturated heterocycles. The Morgan fingerprint density at radius 3 is 2.44 bits per heavy atom. The third kappa shape index (κ3) is 3.58. The molecule has 0 spiro atoms. The second-order valence-corrected chi connectivity index (χ2v) is 5.94. The summed E-state index contributed by atoms with van der Waals surface area (Å²) >= 11 is 0. The van der Waals surface area contributed by atoms with Gasteiger partial charge >= 0.3 is 5.97 Å². The van der Waals surface area contributed by atoms with E-state index in [2.05, 4.69) is 12.6 Å². The molecule has 0 unspecified atom stereocenters. The number of allylic oxidation sites excluding steroid dienone is 1. The number of hydrogen-bond donors (Lipinski definition) is 0. The molecule has 0 radical (unpaired) electrons. The molecule has 0 bridgehead atoms. The number of carbonyl (C=O) groups excluding carboxylic acids is 1. The predicted octanol–water partition coefficient (Wildman–Crippen LogP) is 2.67. The largest absolute Gasteiger partial charge is 0.367 e. The van der Waals surface area contributed by atoms with Crippen molar-refractivity contribution in [2.45, 2.75) is 40.0 Å². The molecule has 18 heavy (non-hydrogen) atoms. The van der Waals surface area contributed by atoms with Gasteiger partial charge < -0.3 is 4.84 Å². The molecule has 1 heterocycles. The van der Waals surface area contributed by atoms with E-state index >= 15 is 0 Å². The zero-order valence-electron chi connectivity index (χ0n) is 11.5. The van der Waals surface area contributed by atoms with Gasteiger partial charge in [-0.15, -0.1) is 11.6 Å². The van der Waals surface area contributed by atoms with Crippen molar-refractivity contribution in [3.8, 4) is 6.07 Å². The van der Waals surface area contributed by atoms with Crippen LogP contribution in [-0.2, 0) is 9.63 Å². The van der Waals surface area contributed by atoms with E-state index in [1.807, 2.05) is 20.8 Å². The van der Waals surface area contributed by atoms with Gasteiger partial charge in [-0.25, -0.2) is 4.79 Å². The first-order valence-electron chi connectivity index (χ1n) is 6.32. The molecular formula is C14H22N2O2. The molecule has 1 rings (SSSR count). The van der Waals surface area contributed by atoms with Crippen molar-refractivity contribution >= 4 is 5.97 Å². The molecule has 100 valence electrons. The lowest BCUT2D eigenvalue weighted by Crippen LogP contribution is -2.42. The summed E-state index contributed by atoms with van der Waals surface area (Å²) in [7, 11) is 0. The highest BCUT2D eigenvalue weighted by molar-refractivity contribution is 5.75. The van der Waals surface area contributed by atoms with Crippen molar-refractivity contribution in [1.82, 2.24) is 5.06 Å². The lowest BCUT2D eigenvalue weighted by molar-refractivity contribution is -0.207. The molecule has 0 atom stereocenters. The Morgan fingerprint density at radius 1 is 1.50 bits per heavy atom. The maximum atomic E-state index is 11.7. The van der Waals surface area contributed by atoms with Crippen molar-refractivity contribution in [3.05, 3.63) is 12.7 Å². The van der Waals surface area contributed by atoms with Gasteiger partial charge in [0, 0.05) is 13.1 Å². The Balaban J connectivity index is 2.52. The lowest BCUT2D eigenvalue weighted by atomic mass is 9.77. The summed E-state index contributed by atoms with van der Waals surface area (Å²) in [6, 6.07) is 2.38. The van der Waals surface area contributed by atoms with E-state index in [-0.39, 0.29) is 11.4 Å². The fourth-order valence-corrected chi connectivity index (χ4v) is 1.90. The second kappa shape index (κ2) is 5.53. The highest BCUT2D eigenvalue weighted by atomic mass is 16.7. The number of hydrogen-bond acceptors (Lipinski definition) is 4. The maximum absolute atomic E-state index is 11.7. The van der Waals surface area contributed by atoms with E-state index in [1.165, 1.54) is 0 Å². The van der Waals surface area contributed by atoms with Crippen LogP contribution in [0, 0.1) is 22.2 Å². The highest BCUT2D eigenvalue weighted by Gasteiger charge is 2.36. The van der Waals surface area contributed by atoms with Gasteiger partial charge in [0.1, 0.15) is 0 Å². The Kier molecular flexibility index (Phi) is 4.53. The van der Waals surface area contributed by atoms with Crippen molar-refractivity contribution in [1.29, 1.82) is 5.26 Å². The van der Waals surface area contributed by atoms with Crippen LogP contribution in [0.5, 0.6) is 0 Å². The van der Waals surface area contributed by atoms with Gasteiger partial charge in [0.05, 0.1) is 16.9 Å². The van der Waals surface area contributed by atoms with Gasteiger partial charge in [-0.1, -0.05) is 6.08 Å². The third-order valence-electron chi connectivity index (χ3n) is 3.28. The quantitative estimate of drug-likeness (QED) is 0.723. The lowest BCUT2D eigenvalue weighted by Gasteiger charge is -2.36. The Morgan fingerprint density at radius 2 is 2.06 bits per heavy atom. The molecule has 0 saturated carbocycles. The van der Waals surface area contributed by atoms with Crippen molar-refractivity contribution in [2.24, 2.45) is 10.8 Å². The van der Waals surface area contributed by atoms with Crippen LogP contribution in [0.4, 0.5) is 0 Å². The van der Waals surface area contributed by atoms with Crippen LogP contribution in [0.1, 0.15) is 40.0 Å². The highest BCUT2D eigenvalue weighted by Crippen LogP contribution is 2.34. The molecule has 0 amide bonds. The van der Waals surface area contributed by atoms with Crippen molar-refractivity contribution in [3.63, 3.8) is 0 Å². The first kappa shape index (κ1) is 14.7. The molecule has 1 fully saturated rings. The summed E-state index contributed by atoms with van der Waals surface area (Å²) in [6.07, 6.45) is 3.92. The molecule has 0 N–H and O–H groups in total. The molecule has 0 aromatic rings. The summed E-state index contributed by atoms with van der Waals surface area (Å²) in [5.41, 5.74) is -0.822. The smallest absolute Gasteiger partial charge is 0.330 e. The molecule has 0 aromatic carbocycles. The van der Waals surface area contributed by atoms with Gasteiger partial charge in [0.2, 0.25) is 0 Å². The molecule has 0 aliphatic carbocycles. The number of hydroxylamine groups is 2. The maximum Gasteiger partial charge on any atom is 0.330 e. The molecule has 4 heteroatoms. The predicted molar refractivity (Wildman–Crippen MR) is 69.2 cm³/mol. The van der Waals surface area contributed by atoms with E-state index in [0.717, 1.165) is 0 Å². The van der Waals surface area contributed by atoms with Gasteiger partial charge in [0.15, 0.2) is 0 Å². The number of rotatable bonds is 3.